The molecule has 0 aromatic heterocycles. The largest absolute Gasteiger partial charge is 0.504 e. The summed E-state index contributed by atoms with van der Waals surface area (Å²) in [7, 11) is 0. The lowest BCUT2D eigenvalue weighted by molar-refractivity contribution is -0.140. The monoisotopic (exact) mass is 406 g/mol. The van der Waals surface area contributed by atoms with Gasteiger partial charge < -0.3 is 26.0 Å². The van der Waals surface area contributed by atoms with Gasteiger partial charge in [-0.05, 0) is 36.5 Å². The van der Waals surface area contributed by atoms with Crippen molar-refractivity contribution in [3.05, 3.63) is 23.8 Å². The molecule has 0 radical (unpaired) electrons. The van der Waals surface area contributed by atoms with Crippen LogP contribution in [0.3, 0.4) is 0 Å². The van der Waals surface area contributed by atoms with Crippen LogP contribution in [0.4, 0.5) is 0 Å². The maximum Gasteiger partial charge on any atom is 0.305 e. The fourth-order valence-electron chi connectivity index (χ4n) is 3.64. The Bertz CT molecular complexity index is 715. The Kier molecular flexibility index (Phi) is 8.76. The van der Waals surface area contributed by atoms with Crippen LogP contribution in [0.1, 0.15) is 56.9 Å². The van der Waals surface area contributed by atoms with Crippen LogP contribution in [0, 0.1) is 5.92 Å². The molecule has 0 bridgehead atoms. The van der Waals surface area contributed by atoms with Crippen molar-refractivity contribution in [1.29, 1.82) is 0 Å². The molecule has 1 aliphatic rings. The van der Waals surface area contributed by atoms with E-state index in [1.54, 1.807) is 6.07 Å². The molecule has 8 nitrogen and oxygen atoms in total. The van der Waals surface area contributed by atoms with Gasteiger partial charge in [-0.3, -0.25) is 14.4 Å². The molecule has 0 saturated heterocycles. The Morgan fingerprint density at radius 1 is 1.07 bits per heavy atom. The average Bonchev–Trinajstić information content (AvgIpc) is 2.69. The van der Waals surface area contributed by atoms with Gasteiger partial charge in [-0.15, -0.1) is 0 Å². The van der Waals surface area contributed by atoms with Gasteiger partial charge in [-0.25, -0.2) is 0 Å². The third-order valence-corrected chi connectivity index (χ3v) is 5.29. The molecule has 2 rings (SSSR count). The summed E-state index contributed by atoms with van der Waals surface area (Å²) in [6.07, 6.45) is 6.82. The first kappa shape index (κ1) is 22.5. The minimum atomic E-state index is -1.17. The standard InChI is InChI=1S/C21H30N2O6/c24-17-8-6-15(12-18(17)25)10-11-22-21(29)16(13-20(27)28)23-19(26)9-7-14-4-2-1-3-5-14/h6,8,12,14,16,24-25H,1-5,7,9-11,13H2,(H,22,29)(H,23,26)(H,27,28)/t16-/m1/s1. The molecule has 1 atom stereocenters. The topological polar surface area (TPSA) is 136 Å². The first-order valence-electron chi connectivity index (χ1n) is 10.1. The maximum absolute atomic E-state index is 12.4. The van der Waals surface area contributed by atoms with Crippen molar-refractivity contribution >= 4 is 17.8 Å². The van der Waals surface area contributed by atoms with E-state index in [1.807, 2.05) is 0 Å². The van der Waals surface area contributed by atoms with Crippen molar-refractivity contribution in [3.8, 4) is 11.5 Å². The Hall–Kier alpha value is -2.77. The van der Waals surface area contributed by atoms with Crippen molar-refractivity contribution in [2.24, 2.45) is 5.92 Å². The van der Waals surface area contributed by atoms with E-state index in [1.165, 1.54) is 31.4 Å². The lowest BCUT2D eigenvalue weighted by Gasteiger charge is -2.22. The minimum absolute atomic E-state index is 0.205. The molecule has 1 aliphatic carbocycles. The molecule has 0 aliphatic heterocycles. The molecule has 1 saturated carbocycles. The fourth-order valence-corrected chi connectivity index (χ4v) is 3.64. The number of nitrogens with one attached hydrogen (secondary N) is 2. The van der Waals surface area contributed by atoms with E-state index in [2.05, 4.69) is 10.6 Å². The van der Waals surface area contributed by atoms with Crippen molar-refractivity contribution < 1.29 is 29.7 Å². The highest BCUT2D eigenvalue weighted by molar-refractivity contribution is 5.90. The third kappa shape index (κ3) is 8.01. The molecule has 160 valence electrons. The molecule has 0 unspecified atom stereocenters. The highest BCUT2D eigenvalue weighted by atomic mass is 16.4. The quantitative estimate of drug-likeness (QED) is 0.377. The van der Waals surface area contributed by atoms with Gasteiger partial charge in [-0.2, -0.15) is 0 Å². The smallest absolute Gasteiger partial charge is 0.305 e. The number of carbonyl (C=O) groups excluding carboxylic acids is 2. The van der Waals surface area contributed by atoms with Gasteiger partial charge in [0.2, 0.25) is 11.8 Å². The van der Waals surface area contributed by atoms with Gasteiger partial charge in [-0.1, -0.05) is 38.2 Å². The first-order chi connectivity index (χ1) is 13.8. The van der Waals surface area contributed by atoms with Crippen LogP contribution in [-0.2, 0) is 20.8 Å². The second kappa shape index (κ2) is 11.3. The number of hydrogen-bond acceptors (Lipinski definition) is 5. The summed E-state index contributed by atoms with van der Waals surface area (Å²) in [5.74, 6) is -1.97. The van der Waals surface area contributed by atoms with Gasteiger partial charge in [0.05, 0.1) is 6.42 Å². The summed E-state index contributed by atoms with van der Waals surface area (Å²) in [4.78, 5) is 35.6. The molecular weight excluding hydrogens is 376 g/mol. The Labute approximate surface area is 170 Å². The molecule has 1 aromatic rings. The Morgan fingerprint density at radius 2 is 1.79 bits per heavy atom. The van der Waals surface area contributed by atoms with Gasteiger partial charge >= 0.3 is 5.97 Å². The van der Waals surface area contributed by atoms with Crippen molar-refractivity contribution in [2.45, 2.75) is 63.8 Å². The van der Waals surface area contributed by atoms with Crippen LogP contribution in [0.15, 0.2) is 18.2 Å². The number of benzene rings is 1. The Balaban J connectivity index is 1.80. The van der Waals surface area contributed by atoms with Crippen LogP contribution in [0.2, 0.25) is 0 Å². The molecule has 0 heterocycles. The molecule has 8 heteroatoms. The van der Waals surface area contributed by atoms with Crippen LogP contribution in [0.5, 0.6) is 11.5 Å². The van der Waals surface area contributed by atoms with Crippen molar-refractivity contribution in [3.63, 3.8) is 0 Å². The SMILES string of the molecule is O=C(O)C[C@@H](NC(=O)CCC1CCCCC1)C(=O)NCCc1ccc(O)c(O)c1. The maximum atomic E-state index is 12.4. The van der Waals surface area contributed by atoms with Gasteiger partial charge in [0, 0.05) is 13.0 Å². The summed E-state index contributed by atoms with van der Waals surface area (Å²) in [6.45, 7) is 0.205. The van der Waals surface area contributed by atoms with E-state index < -0.39 is 24.3 Å². The number of carboxylic acid groups (broad SMARTS) is 1. The van der Waals surface area contributed by atoms with Crippen molar-refractivity contribution in [2.75, 3.05) is 6.54 Å². The third-order valence-electron chi connectivity index (χ3n) is 5.29. The first-order valence-corrected chi connectivity index (χ1v) is 10.1. The number of carboxylic acids is 1. The van der Waals surface area contributed by atoms with E-state index in [4.69, 9.17) is 5.11 Å². The van der Waals surface area contributed by atoms with E-state index in [9.17, 15) is 24.6 Å². The average molecular weight is 406 g/mol. The number of aromatic hydroxyl groups is 2. The molecule has 1 fully saturated rings. The molecule has 29 heavy (non-hydrogen) atoms. The summed E-state index contributed by atoms with van der Waals surface area (Å²) in [5.41, 5.74) is 0.701. The van der Waals surface area contributed by atoms with Crippen molar-refractivity contribution in [1.82, 2.24) is 10.6 Å². The number of carbonyl (C=O) groups is 3. The number of phenols is 2. The van der Waals surface area contributed by atoms with Gasteiger partial charge in [0.25, 0.3) is 0 Å². The summed E-state index contributed by atoms with van der Waals surface area (Å²) in [5, 5.41) is 33.0. The highest BCUT2D eigenvalue weighted by Gasteiger charge is 2.24. The van der Waals surface area contributed by atoms with E-state index in [-0.39, 0.29) is 24.0 Å². The minimum Gasteiger partial charge on any atom is -0.504 e. The second-order valence-corrected chi connectivity index (χ2v) is 7.62. The molecule has 5 N–H and O–H groups in total. The molecule has 2 amide bonds. The normalized spacial score (nSPS) is 15.4. The van der Waals surface area contributed by atoms with Crippen LogP contribution in [0.25, 0.3) is 0 Å². The van der Waals surface area contributed by atoms with Crippen LogP contribution >= 0.6 is 0 Å². The zero-order chi connectivity index (χ0) is 21.2. The summed E-state index contributed by atoms with van der Waals surface area (Å²) >= 11 is 0. The van der Waals surface area contributed by atoms with E-state index in [0.29, 0.717) is 24.3 Å². The molecule has 1 aromatic carbocycles. The number of hydrogen-bond donors (Lipinski definition) is 5. The summed E-state index contributed by atoms with van der Waals surface area (Å²) < 4.78 is 0. The van der Waals surface area contributed by atoms with Gasteiger partial charge in [0.1, 0.15) is 6.04 Å². The summed E-state index contributed by atoms with van der Waals surface area (Å²) in [6, 6.07) is 3.23. The number of amides is 2. The van der Waals surface area contributed by atoms with Gasteiger partial charge in [0.15, 0.2) is 11.5 Å². The molecule has 0 spiro atoms. The fraction of sp³-hybridized carbons (Fsp3) is 0.571. The Morgan fingerprint density at radius 3 is 2.45 bits per heavy atom. The van der Waals surface area contributed by atoms with Crippen LogP contribution in [-0.4, -0.2) is 45.7 Å². The zero-order valence-corrected chi connectivity index (χ0v) is 16.5. The number of aliphatic carboxylic acids is 1. The molecular formula is C21H30N2O6. The van der Waals surface area contributed by atoms with E-state index in [0.717, 1.165) is 19.3 Å². The lowest BCUT2D eigenvalue weighted by Crippen LogP contribution is -2.48. The van der Waals surface area contributed by atoms with Crippen LogP contribution < -0.4 is 10.6 Å². The lowest BCUT2D eigenvalue weighted by atomic mass is 9.86. The number of phenolic OH excluding ortho intramolecular Hbond substituents is 2. The van der Waals surface area contributed by atoms with E-state index >= 15 is 0 Å². The predicted octanol–water partition coefficient (Wildman–Crippen LogP) is 2.08. The zero-order valence-electron chi connectivity index (χ0n) is 16.5. The number of rotatable bonds is 10. The highest BCUT2D eigenvalue weighted by Crippen LogP contribution is 2.27. The predicted molar refractivity (Wildman–Crippen MR) is 106 cm³/mol. The second-order valence-electron chi connectivity index (χ2n) is 7.62.